The van der Waals surface area contributed by atoms with Gasteiger partial charge in [-0.1, -0.05) is 72.5 Å². The van der Waals surface area contributed by atoms with Gasteiger partial charge in [-0.15, -0.1) is 10.2 Å². The van der Waals surface area contributed by atoms with Gasteiger partial charge in [0.2, 0.25) is 0 Å². The first-order valence-electron chi connectivity index (χ1n) is 10.8. The summed E-state index contributed by atoms with van der Waals surface area (Å²) in [6.07, 6.45) is 7.50. The molecule has 1 heterocycles. The van der Waals surface area contributed by atoms with E-state index in [2.05, 4.69) is 25.3 Å². The second kappa shape index (κ2) is 10.8. The Labute approximate surface area is 197 Å². The number of hydrogen-bond donors (Lipinski definition) is 1. The molecule has 1 amide bonds. The van der Waals surface area contributed by atoms with E-state index in [4.69, 9.17) is 11.6 Å². The number of carbonyl (C=O) groups is 1. The average Bonchev–Trinajstić information content (AvgIpc) is 3.23. The molecule has 1 aliphatic rings. The van der Waals surface area contributed by atoms with Crippen LogP contribution in [-0.4, -0.2) is 32.6 Å². The van der Waals surface area contributed by atoms with Gasteiger partial charge < -0.3 is 0 Å². The maximum Gasteiger partial charge on any atom is 0.250 e. The first-order valence-corrected chi connectivity index (χ1v) is 12.2. The second-order valence-electron chi connectivity index (χ2n) is 7.97. The van der Waals surface area contributed by atoms with Crippen LogP contribution in [0.1, 0.15) is 49.3 Å². The predicted octanol–water partition coefficient (Wildman–Crippen LogP) is 5.65. The number of hydrazone groups is 1. The van der Waals surface area contributed by atoms with E-state index in [-0.39, 0.29) is 11.7 Å². The van der Waals surface area contributed by atoms with Crippen LogP contribution in [0, 0.1) is 6.92 Å². The Morgan fingerprint density at radius 3 is 2.72 bits per heavy atom. The molecule has 166 valence electrons. The Morgan fingerprint density at radius 2 is 1.97 bits per heavy atom. The fourth-order valence-corrected chi connectivity index (χ4v) is 4.86. The third-order valence-corrected chi connectivity index (χ3v) is 6.68. The molecule has 1 saturated carbocycles. The third kappa shape index (κ3) is 5.78. The topological polar surface area (TPSA) is 72.2 Å². The maximum absolute atomic E-state index is 12.4. The van der Waals surface area contributed by atoms with E-state index in [0.717, 1.165) is 40.5 Å². The molecule has 1 aliphatic carbocycles. The Hall–Kier alpha value is -2.64. The Bertz CT molecular complexity index is 1090. The van der Waals surface area contributed by atoms with Gasteiger partial charge >= 0.3 is 0 Å². The lowest BCUT2D eigenvalue weighted by Gasteiger charge is -2.25. The fraction of sp³-hybridized carbons (Fsp3) is 0.333. The number of rotatable bonds is 7. The standard InChI is InChI=1S/C24H26ClN5OS/c1-17-6-5-7-18(14-17)15-26-27-22(31)16-32-24-29-28-23(19-10-12-20(25)13-11-19)30(24)21-8-3-2-4-9-21/h5-7,10-15,21H,2-4,8-9,16H2,1H3,(H,27,31). The molecule has 0 spiro atoms. The van der Waals surface area contributed by atoms with Crippen LogP contribution < -0.4 is 5.43 Å². The number of carbonyl (C=O) groups excluding carboxylic acids is 1. The van der Waals surface area contributed by atoms with Crippen molar-refractivity contribution in [3.05, 3.63) is 64.7 Å². The van der Waals surface area contributed by atoms with Gasteiger partial charge in [0.25, 0.3) is 5.91 Å². The number of hydrogen-bond acceptors (Lipinski definition) is 5. The summed E-state index contributed by atoms with van der Waals surface area (Å²) in [4.78, 5) is 12.4. The highest BCUT2D eigenvalue weighted by Crippen LogP contribution is 2.35. The number of nitrogens with one attached hydrogen (secondary N) is 1. The van der Waals surface area contributed by atoms with Crippen LogP contribution in [0.25, 0.3) is 11.4 Å². The van der Waals surface area contributed by atoms with Crippen molar-refractivity contribution < 1.29 is 4.79 Å². The largest absolute Gasteiger partial charge is 0.299 e. The molecule has 3 aromatic rings. The number of aryl methyl sites for hydroxylation is 1. The van der Waals surface area contributed by atoms with Crippen molar-refractivity contribution >= 4 is 35.5 Å². The molecule has 1 aromatic heterocycles. The van der Waals surface area contributed by atoms with E-state index >= 15 is 0 Å². The van der Waals surface area contributed by atoms with Crippen molar-refractivity contribution in [3.63, 3.8) is 0 Å². The van der Waals surface area contributed by atoms with Gasteiger partial charge in [-0.3, -0.25) is 9.36 Å². The van der Waals surface area contributed by atoms with Gasteiger partial charge in [-0.2, -0.15) is 5.10 Å². The van der Waals surface area contributed by atoms with Gasteiger partial charge in [-0.05, 0) is 49.6 Å². The highest BCUT2D eigenvalue weighted by Gasteiger charge is 2.24. The Morgan fingerprint density at radius 1 is 1.19 bits per heavy atom. The summed E-state index contributed by atoms with van der Waals surface area (Å²) in [5.74, 6) is 0.871. The van der Waals surface area contributed by atoms with Crippen molar-refractivity contribution in [2.75, 3.05) is 5.75 Å². The summed E-state index contributed by atoms with van der Waals surface area (Å²) in [7, 11) is 0. The van der Waals surface area contributed by atoms with E-state index in [9.17, 15) is 4.79 Å². The van der Waals surface area contributed by atoms with Gasteiger partial charge in [0.05, 0.1) is 12.0 Å². The number of halogens is 1. The monoisotopic (exact) mass is 467 g/mol. The van der Waals surface area contributed by atoms with Crippen LogP contribution in [0.4, 0.5) is 0 Å². The minimum atomic E-state index is -0.176. The minimum absolute atomic E-state index is 0.176. The normalized spacial score (nSPS) is 14.7. The van der Waals surface area contributed by atoms with Crippen molar-refractivity contribution in [2.24, 2.45) is 5.10 Å². The molecule has 0 atom stereocenters. The second-order valence-corrected chi connectivity index (χ2v) is 9.35. The van der Waals surface area contributed by atoms with Crippen LogP contribution >= 0.6 is 23.4 Å². The van der Waals surface area contributed by atoms with Crippen molar-refractivity contribution in [1.29, 1.82) is 0 Å². The zero-order chi connectivity index (χ0) is 22.3. The highest BCUT2D eigenvalue weighted by molar-refractivity contribution is 7.99. The fourth-order valence-electron chi connectivity index (χ4n) is 3.93. The SMILES string of the molecule is Cc1cccc(C=NNC(=O)CSc2nnc(-c3ccc(Cl)cc3)n2C2CCCCC2)c1. The minimum Gasteiger partial charge on any atom is -0.299 e. The molecule has 0 radical (unpaired) electrons. The number of thioether (sulfide) groups is 1. The molecule has 0 saturated heterocycles. The molecule has 6 nitrogen and oxygen atoms in total. The zero-order valence-corrected chi connectivity index (χ0v) is 19.6. The summed E-state index contributed by atoms with van der Waals surface area (Å²) in [5, 5.41) is 14.4. The highest BCUT2D eigenvalue weighted by atomic mass is 35.5. The summed E-state index contributed by atoms with van der Waals surface area (Å²) in [6.45, 7) is 2.02. The van der Waals surface area contributed by atoms with Crippen LogP contribution in [0.3, 0.4) is 0 Å². The third-order valence-electron chi connectivity index (χ3n) is 5.48. The maximum atomic E-state index is 12.4. The van der Waals surface area contributed by atoms with Gasteiger partial charge in [0.1, 0.15) is 0 Å². The van der Waals surface area contributed by atoms with Crippen LogP contribution in [0.15, 0.2) is 58.8 Å². The number of aromatic nitrogens is 3. The first-order chi connectivity index (χ1) is 15.6. The van der Waals surface area contributed by atoms with Crippen molar-refractivity contribution in [2.45, 2.75) is 50.2 Å². The van der Waals surface area contributed by atoms with Crippen LogP contribution in [0.5, 0.6) is 0 Å². The molecular formula is C24H26ClN5OS. The lowest BCUT2D eigenvalue weighted by atomic mass is 9.95. The number of benzene rings is 2. The molecule has 8 heteroatoms. The van der Waals surface area contributed by atoms with E-state index in [0.29, 0.717) is 11.1 Å². The summed E-state index contributed by atoms with van der Waals surface area (Å²) in [5.41, 5.74) is 5.67. The van der Waals surface area contributed by atoms with Crippen molar-refractivity contribution in [3.8, 4) is 11.4 Å². The molecule has 0 bridgehead atoms. The molecule has 0 aliphatic heterocycles. The molecule has 0 unspecified atom stereocenters. The molecule has 1 N–H and O–H groups in total. The number of nitrogens with zero attached hydrogens (tertiary/aromatic N) is 4. The predicted molar refractivity (Wildman–Crippen MR) is 130 cm³/mol. The van der Waals surface area contributed by atoms with Crippen molar-refractivity contribution in [1.82, 2.24) is 20.2 Å². The van der Waals surface area contributed by atoms with E-state index in [1.165, 1.54) is 31.0 Å². The zero-order valence-electron chi connectivity index (χ0n) is 18.0. The van der Waals surface area contributed by atoms with E-state index in [1.807, 2.05) is 55.5 Å². The molecule has 1 fully saturated rings. The quantitative estimate of drug-likeness (QED) is 0.276. The Kier molecular flexibility index (Phi) is 7.60. The first kappa shape index (κ1) is 22.6. The van der Waals surface area contributed by atoms with Crippen LogP contribution in [-0.2, 0) is 4.79 Å². The lowest BCUT2D eigenvalue weighted by molar-refractivity contribution is -0.118. The summed E-state index contributed by atoms with van der Waals surface area (Å²) >= 11 is 7.46. The molecule has 2 aromatic carbocycles. The average molecular weight is 468 g/mol. The lowest BCUT2D eigenvalue weighted by Crippen LogP contribution is -2.20. The Balaban J connectivity index is 1.45. The summed E-state index contributed by atoms with van der Waals surface area (Å²) < 4.78 is 2.20. The van der Waals surface area contributed by atoms with Gasteiger partial charge in [0, 0.05) is 16.6 Å². The molecule has 32 heavy (non-hydrogen) atoms. The molecular weight excluding hydrogens is 442 g/mol. The van der Waals surface area contributed by atoms with E-state index in [1.54, 1.807) is 6.21 Å². The number of amides is 1. The van der Waals surface area contributed by atoms with Gasteiger partial charge in [0.15, 0.2) is 11.0 Å². The van der Waals surface area contributed by atoms with E-state index < -0.39 is 0 Å². The van der Waals surface area contributed by atoms with Crippen LogP contribution in [0.2, 0.25) is 5.02 Å². The van der Waals surface area contributed by atoms with Gasteiger partial charge in [-0.25, -0.2) is 5.43 Å². The summed E-state index contributed by atoms with van der Waals surface area (Å²) in [6, 6.07) is 15.9. The smallest absolute Gasteiger partial charge is 0.250 e. The molecule has 4 rings (SSSR count).